The molecule has 2 fully saturated rings. The van der Waals surface area contributed by atoms with E-state index in [-0.39, 0.29) is 12.5 Å². The van der Waals surface area contributed by atoms with E-state index in [1.54, 1.807) is 38.2 Å². The molecule has 24 heavy (non-hydrogen) atoms. The molecule has 8 nitrogen and oxygen atoms in total. The summed E-state index contributed by atoms with van der Waals surface area (Å²) in [5, 5.41) is 7.17. The summed E-state index contributed by atoms with van der Waals surface area (Å²) in [5.41, 5.74) is 1.27. The Morgan fingerprint density at radius 3 is 2.79 bits per heavy atom. The average molecular weight is 349 g/mol. The lowest BCUT2D eigenvalue weighted by Gasteiger charge is -2.21. The molecule has 0 N–H and O–H groups in total. The number of aromatic nitrogens is 3. The third-order valence-corrected chi connectivity index (χ3v) is 7.14. The summed E-state index contributed by atoms with van der Waals surface area (Å²) in [5.74, 6) is -0.141. The van der Waals surface area contributed by atoms with Gasteiger partial charge in [0.25, 0.3) is 5.91 Å². The molecule has 0 bridgehead atoms. The van der Waals surface area contributed by atoms with Crippen LogP contribution < -0.4 is 0 Å². The Hall–Kier alpha value is -2.00. The van der Waals surface area contributed by atoms with E-state index in [9.17, 15) is 13.2 Å². The second kappa shape index (κ2) is 5.82. The van der Waals surface area contributed by atoms with Gasteiger partial charge in [0, 0.05) is 37.9 Å². The Morgan fingerprint density at radius 1 is 1.21 bits per heavy atom. The first-order valence-electron chi connectivity index (χ1n) is 8.14. The second-order valence-electron chi connectivity index (χ2n) is 6.33. The maximum atomic E-state index is 12.7. The van der Waals surface area contributed by atoms with Gasteiger partial charge in [-0.1, -0.05) is 5.21 Å². The van der Waals surface area contributed by atoms with Gasteiger partial charge in [0.1, 0.15) is 0 Å². The van der Waals surface area contributed by atoms with Gasteiger partial charge in [0.2, 0.25) is 10.0 Å². The fourth-order valence-electron chi connectivity index (χ4n) is 3.45. The van der Waals surface area contributed by atoms with Crippen LogP contribution in [0.5, 0.6) is 0 Å². The van der Waals surface area contributed by atoms with Gasteiger partial charge >= 0.3 is 0 Å². The number of hydrogen-bond donors (Lipinski definition) is 0. The zero-order valence-corrected chi connectivity index (χ0v) is 14.0. The molecule has 128 valence electrons. The van der Waals surface area contributed by atoms with Gasteiger partial charge in [-0.05, 0) is 31.4 Å². The summed E-state index contributed by atoms with van der Waals surface area (Å²) in [7, 11) is -3.30. The van der Waals surface area contributed by atoms with Gasteiger partial charge in [-0.25, -0.2) is 17.2 Å². The Morgan fingerprint density at radius 2 is 2.00 bits per heavy atom. The van der Waals surface area contributed by atoms with Crippen molar-refractivity contribution in [2.45, 2.75) is 24.5 Å². The van der Waals surface area contributed by atoms with Crippen LogP contribution >= 0.6 is 0 Å². The molecule has 4 heterocycles. The summed E-state index contributed by atoms with van der Waals surface area (Å²) >= 11 is 0. The van der Waals surface area contributed by atoms with Crippen molar-refractivity contribution < 1.29 is 13.2 Å². The number of carbonyl (C=O) groups excluding carboxylic acids is 1. The van der Waals surface area contributed by atoms with E-state index in [4.69, 9.17) is 0 Å². The molecule has 1 amide bonds. The fraction of sp³-hybridized carbons (Fsp3) is 0.533. The molecule has 0 spiro atoms. The maximum Gasteiger partial charge on any atom is 0.254 e. The summed E-state index contributed by atoms with van der Waals surface area (Å²) in [6.07, 6.45) is 5.62. The number of amides is 1. The first-order chi connectivity index (χ1) is 11.6. The lowest BCUT2D eigenvalue weighted by molar-refractivity contribution is 0.0793. The van der Waals surface area contributed by atoms with Gasteiger partial charge in [-0.15, -0.1) is 5.10 Å². The normalized spacial score (nSPS) is 22.5. The highest BCUT2D eigenvalue weighted by Crippen LogP contribution is 2.25. The highest BCUT2D eigenvalue weighted by atomic mass is 32.2. The van der Waals surface area contributed by atoms with Crippen molar-refractivity contribution in [3.63, 3.8) is 0 Å². The van der Waals surface area contributed by atoms with Crippen LogP contribution in [0.1, 0.15) is 29.6 Å². The number of fused-ring (bicyclic) bond motifs is 1. The molecule has 2 aromatic rings. The van der Waals surface area contributed by atoms with Crippen LogP contribution in [0.25, 0.3) is 5.52 Å². The van der Waals surface area contributed by atoms with Gasteiger partial charge in [-0.3, -0.25) is 4.79 Å². The average Bonchev–Trinajstić information content (AvgIpc) is 3.34. The van der Waals surface area contributed by atoms with Crippen LogP contribution in [0.2, 0.25) is 0 Å². The molecule has 4 rings (SSSR count). The molecule has 2 aliphatic rings. The standard InChI is InChI=1S/C15H19N5O3S/c21-15(12-3-8-20-13(9-12)10-16-17-20)18-7-4-14(11-18)24(22,23)19-5-1-2-6-19/h3,8-10,14H,1-2,4-7,11H2. The molecule has 9 heteroatoms. The summed E-state index contributed by atoms with van der Waals surface area (Å²) in [6, 6.07) is 3.41. The van der Waals surface area contributed by atoms with E-state index in [2.05, 4.69) is 10.3 Å². The van der Waals surface area contributed by atoms with Crippen molar-refractivity contribution >= 4 is 21.4 Å². The first kappa shape index (κ1) is 15.5. The molecule has 2 aliphatic heterocycles. The second-order valence-corrected chi connectivity index (χ2v) is 8.54. The van der Waals surface area contributed by atoms with Crippen molar-refractivity contribution in [1.29, 1.82) is 0 Å². The zero-order valence-electron chi connectivity index (χ0n) is 13.2. The zero-order chi connectivity index (χ0) is 16.7. The van der Waals surface area contributed by atoms with Crippen LogP contribution in [0.4, 0.5) is 0 Å². The third-order valence-electron chi connectivity index (χ3n) is 4.83. The van der Waals surface area contributed by atoms with Gasteiger partial charge < -0.3 is 4.90 Å². The van der Waals surface area contributed by atoms with Crippen LogP contribution in [-0.2, 0) is 10.0 Å². The van der Waals surface area contributed by atoms with E-state index in [0.29, 0.717) is 31.6 Å². The summed E-state index contributed by atoms with van der Waals surface area (Å²) < 4.78 is 28.5. The minimum atomic E-state index is -3.30. The van der Waals surface area contributed by atoms with E-state index < -0.39 is 15.3 Å². The topological polar surface area (TPSA) is 87.9 Å². The van der Waals surface area contributed by atoms with Crippen molar-refractivity contribution in [1.82, 2.24) is 24.0 Å². The number of rotatable bonds is 3. The predicted molar refractivity (Wildman–Crippen MR) is 87.0 cm³/mol. The minimum absolute atomic E-state index is 0.141. The predicted octanol–water partition coefficient (Wildman–Crippen LogP) is 0.369. The van der Waals surface area contributed by atoms with Crippen LogP contribution in [0, 0.1) is 0 Å². The van der Waals surface area contributed by atoms with E-state index >= 15 is 0 Å². The molecular weight excluding hydrogens is 330 g/mol. The Balaban J connectivity index is 1.50. The van der Waals surface area contributed by atoms with Gasteiger partial charge in [0.05, 0.1) is 17.0 Å². The van der Waals surface area contributed by atoms with Gasteiger partial charge in [-0.2, -0.15) is 0 Å². The van der Waals surface area contributed by atoms with Crippen molar-refractivity contribution in [2.75, 3.05) is 26.2 Å². The highest BCUT2D eigenvalue weighted by Gasteiger charge is 2.39. The SMILES string of the molecule is O=C(c1ccn2nncc2c1)N1CCC(S(=O)(=O)N2CCCC2)C1. The maximum absolute atomic E-state index is 12.7. The number of likely N-dealkylation sites (tertiary alicyclic amines) is 1. The van der Waals surface area contributed by atoms with Crippen LogP contribution in [0.15, 0.2) is 24.5 Å². The van der Waals surface area contributed by atoms with Crippen molar-refractivity contribution in [3.05, 3.63) is 30.1 Å². The Labute approximate surface area is 140 Å². The number of hydrogen-bond acceptors (Lipinski definition) is 5. The number of carbonyl (C=O) groups is 1. The lowest BCUT2D eigenvalue weighted by Crippen LogP contribution is -2.39. The lowest BCUT2D eigenvalue weighted by atomic mass is 10.2. The molecule has 0 radical (unpaired) electrons. The molecule has 0 aliphatic carbocycles. The molecular formula is C15H19N5O3S. The smallest absolute Gasteiger partial charge is 0.254 e. The van der Waals surface area contributed by atoms with Gasteiger partial charge in [0.15, 0.2) is 0 Å². The number of pyridine rings is 1. The van der Waals surface area contributed by atoms with E-state index in [1.807, 2.05) is 0 Å². The van der Waals surface area contributed by atoms with Crippen LogP contribution in [0.3, 0.4) is 0 Å². The van der Waals surface area contributed by atoms with Crippen molar-refractivity contribution in [3.8, 4) is 0 Å². The van der Waals surface area contributed by atoms with Crippen LogP contribution in [-0.4, -0.2) is 69.8 Å². The fourth-order valence-corrected chi connectivity index (χ4v) is 5.41. The summed E-state index contributed by atoms with van der Waals surface area (Å²) in [4.78, 5) is 14.3. The quantitative estimate of drug-likeness (QED) is 0.799. The van der Waals surface area contributed by atoms with E-state index in [1.165, 1.54) is 0 Å². The largest absolute Gasteiger partial charge is 0.337 e. The highest BCUT2D eigenvalue weighted by molar-refractivity contribution is 7.89. The number of sulfonamides is 1. The molecule has 2 aromatic heterocycles. The minimum Gasteiger partial charge on any atom is -0.337 e. The Bertz CT molecular complexity index is 872. The molecule has 0 saturated carbocycles. The summed E-state index contributed by atoms with van der Waals surface area (Å²) in [6.45, 7) is 1.95. The molecule has 0 aromatic carbocycles. The Kier molecular flexibility index (Phi) is 3.76. The molecule has 1 unspecified atom stereocenters. The first-order valence-corrected chi connectivity index (χ1v) is 9.64. The van der Waals surface area contributed by atoms with E-state index in [0.717, 1.165) is 18.4 Å². The third kappa shape index (κ3) is 2.57. The molecule has 2 saturated heterocycles. The monoisotopic (exact) mass is 349 g/mol. The van der Waals surface area contributed by atoms with Crippen molar-refractivity contribution in [2.24, 2.45) is 0 Å². The number of nitrogens with zero attached hydrogens (tertiary/aromatic N) is 5. The molecule has 1 atom stereocenters.